The van der Waals surface area contributed by atoms with E-state index >= 15 is 0 Å². The molecule has 4 aliphatic carbocycles. The van der Waals surface area contributed by atoms with Gasteiger partial charge < -0.3 is 5.11 Å². The van der Waals surface area contributed by atoms with Gasteiger partial charge in [-0.05, 0) is 118 Å². The van der Waals surface area contributed by atoms with Crippen molar-refractivity contribution < 1.29 is 9.90 Å². The van der Waals surface area contributed by atoms with Gasteiger partial charge >= 0.3 is 0 Å². The Bertz CT molecular complexity index is 787. The zero-order valence-corrected chi connectivity index (χ0v) is 22.3. The number of fused-ring (bicyclic) bond motifs is 5. The van der Waals surface area contributed by atoms with Gasteiger partial charge in [0.05, 0.1) is 5.60 Å². The fourth-order valence-electron chi connectivity index (χ4n) is 10.1. The first-order valence-electron chi connectivity index (χ1n) is 13.6. The average Bonchev–Trinajstić information content (AvgIpc) is 2.97. The monoisotopic (exact) mass is 442 g/mol. The van der Waals surface area contributed by atoms with Gasteiger partial charge in [-0.3, -0.25) is 4.79 Å². The van der Waals surface area contributed by atoms with Crippen molar-refractivity contribution >= 4 is 5.78 Å². The summed E-state index contributed by atoms with van der Waals surface area (Å²) < 4.78 is 0. The lowest BCUT2D eigenvalue weighted by Crippen LogP contribution is -2.61. The second-order valence-corrected chi connectivity index (χ2v) is 14.1. The lowest BCUT2D eigenvalue weighted by atomic mass is 9.38. The van der Waals surface area contributed by atoms with Crippen molar-refractivity contribution in [2.45, 2.75) is 125 Å². The Hall–Kier alpha value is -0.630. The number of rotatable bonds is 4. The van der Waals surface area contributed by atoms with Crippen molar-refractivity contribution in [3.8, 4) is 0 Å². The molecule has 182 valence electrons. The molecule has 0 radical (unpaired) electrons. The van der Waals surface area contributed by atoms with Gasteiger partial charge in [-0.1, -0.05) is 46.3 Å². The molecule has 32 heavy (non-hydrogen) atoms. The predicted octanol–water partition coefficient (Wildman–Crippen LogP) is 7.74. The van der Waals surface area contributed by atoms with E-state index in [1.54, 1.807) is 0 Å². The molecule has 8 atom stereocenters. The summed E-state index contributed by atoms with van der Waals surface area (Å²) in [6.07, 6.45) is 13.5. The average molecular weight is 443 g/mol. The van der Waals surface area contributed by atoms with Gasteiger partial charge in [0, 0.05) is 11.8 Å². The highest BCUT2D eigenvalue weighted by Gasteiger charge is 2.68. The van der Waals surface area contributed by atoms with E-state index in [-0.39, 0.29) is 10.8 Å². The topological polar surface area (TPSA) is 37.3 Å². The van der Waals surface area contributed by atoms with E-state index in [4.69, 9.17) is 0 Å². The maximum Gasteiger partial charge on any atom is 0.138 e. The van der Waals surface area contributed by atoms with Gasteiger partial charge in [-0.25, -0.2) is 0 Å². The molecule has 0 aliphatic heterocycles. The van der Waals surface area contributed by atoms with Crippen LogP contribution in [0.5, 0.6) is 0 Å². The van der Waals surface area contributed by atoms with Crippen LogP contribution in [-0.4, -0.2) is 16.5 Å². The van der Waals surface area contributed by atoms with Gasteiger partial charge in [-0.15, -0.1) is 0 Å². The highest BCUT2D eigenvalue weighted by Crippen LogP contribution is 2.74. The summed E-state index contributed by atoms with van der Waals surface area (Å²) in [5, 5.41) is 11.7. The zero-order chi connectivity index (χ0) is 23.7. The molecule has 0 aromatic carbocycles. The van der Waals surface area contributed by atoms with Crippen LogP contribution in [0.1, 0.15) is 120 Å². The number of carbonyl (C=O) groups excluding carboxylic acids is 1. The van der Waals surface area contributed by atoms with Crippen LogP contribution in [0.2, 0.25) is 0 Å². The zero-order valence-electron chi connectivity index (χ0n) is 22.3. The van der Waals surface area contributed by atoms with Gasteiger partial charge in [0.2, 0.25) is 0 Å². The van der Waals surface area contributed by atoms with Crippen LogP contribution < -0.4 is 0 Å². The third-order valence-electron chi connectivity index (χ3n) is 12.1. The summed E-state index contributed by atoms with van der Waals surface area (Å²) in [6.45, 7) is 18.6. The summed E-state index contributed by atoms with van der Waals surface area (Å²) in [5.74, 6) is 2.90. The largest absolute Gasteiger partial charge is 0.390 e. The Morgan fingerprint density at radius 1 is 0.969 bits per heavy atom. The fourth-order valence-corrected chi connectivity index (χ4v) is 10.1. The summed E-state index contributed by atoms with van der Waals surface area (Å²) in [6, 6.07) is 0. The van der Waals surface area contributed by atoms with Crippen molar-refractivity contribution in [2.24, 2.45) is 45.3 Å². The lowest BCUT2D eigenvalue weighted by molar-refractivity contribution is -0.191. The van der Waals surface area contributed by atoms with Crippen molar-refractivity contribution in [3.05, 3.63) is 11.6 Å². The normalized spacial score (nSPS) is 47.1. The first-order chi connectivity index (χ1) is 14.7. The molecule has 2 unspecified atom stereocenters. The number of carbonyl (C=O) groups is 1. The van der Waals surface area contributed by atoms with Crippen LogP contribution in [0, 0.1) is 45.3 Å². The molecule has 0 bridgehead atoms. The number of allylic oxidation sites excluding steroid dienone is 2. The van der Waals surface area contributed by atoms with Crippen molar-refractivity contribution in [1.82, 2.24) is 0 Å². The first kappa shape index (κ1) is 24.5. The highest BCUT2D eigenvalue weighted by molar-refractivity contribution is 5.85. The number of aliphatic hydroxyl groups is 1. The molecular formula is C30H50O2. The number of Topliss-reactive ketones (excluding diaryl/α,β-unsaturated/α-hetero) is 1. The van der Waals surface area contributed by atoms with Crippen LogP contribution in [0.3, 0.4) is 0 Å². The minimum Gasteiger partial charge on any atom is -0.390 e. The maximum atomic E-state index is 12.8. The summed E-state index contributed by atoms with van der Waals surface area (Å²) >= 11 is 0. The molecule has 0 aromatic rings. The molecule has 2 nitrogen and oxygen atoms in total. The Labute approximate surface area is 198 Å². The van der Waals surface area contributed by atoms with Crippen molar-refractivity contribution in [1.29, 1.82) is 0 Å². The van der Waals surface area contributed by atoms with Gasteiger partial charge in [0.1, 0.15) is 5.78 Å². The molecule has 4 rings (SSSR count). The van der Waals surface area contributed by atoms with Crippen LogP contribution >= 0.6 is 0 Å². The molecule has 0 saturated heterocycles. The SMILES string of the molecule is CC(C)=CCC[C@@](C)(O)[C@@H]1CC[C@]2(C)C3CC[C@H]4C(C)(C)C(=O)CC[C@]4(C)C3CC[C@@]12C. The van der Waals surface area contributed by atoms with Gasteiger partial charge in [0.25, 0.3) is 0 Å². The van der Waals surface area contributed by atoms with Crippen LogP contribution in [0.4, 0.5) is 0 Å². The minimum atomic E-state index is -0.592. The van der Waals surface area contributed by atoms with E-state index in [9.17, 15) is 9.90 Å². The highest BCUT2D eigenvalue weighted by atomic mass is 16.3. The van der Waals surface area contributed by atoms with E-state index in [2.05, 4.69) is 61.5 Å². The van der Waals surface area contributed by atoms with Crippen molar-refractivity contribution in [3.63, 3.8) is 0 Å². The molecule has 0 heterocycles. The molecular weight excluding hydrogens is 392 g/mol. The number of hydrogen-bond donors (Lipinski definition) is 1. The van der Waals surface area contributed by atoms with E-state index in [0.717, 1.165) is 37.5 Å². The van der Waals surface area contributed by atoms with Crippen LogP contribution in [0.25, 0.3) is 0 Å². The summed E-state index contributed by atoms with van der Waals surface area (Å²) in [4.78, 5) is 12.8. The quantitative estimate of drug-likeness (QED) is 0.452. The molecule has 4 saturated carbocycles. The number of hydrogen-bond acceptors (Lipinski definition) is 2. The van der Waals surface area contributed by atoms with Crippen LogP contribution in [0.15, 0.2) is 11.6 Å². The molecule has 0 spiro atoms. The Kier molecular flexibility index (Phi) is 5.89. The Morgan fingerprint density at radius 2 is 1.62 bits per heavy atom. The van der Waals surface area contributed by atoms with E-state index in [0.29, 0.717) is 28.4 Å². The van der Waals surface area contributed by atoms with Gasteiger partial charge in [-0.2, -0.15) is 0 Å². The second kappa shape index (κ2) is 7.69. The first-order valence-corrected chi connectivity index (χ1v) is 13.6. The predicted molar refractivity (Wildman–Crippen MR) is 133 cm³/mol. The van der Waals surface area contributed by atoms with E-state index < -0.39 is 5.60 Å². The minimum absolute atomic E-state index is 0.160. The molecule has 2 heteroatoms. The second-order valence-electron chi connectivity index (χ2n) is 14.1. The summed E-state index contributed by atoms with van der Waals surface area (Å²) in [7, 11) is 0. The molecule has 1 N–H and O–H groups in total. The fraction of sp³-hybridized carbons (Fsp3) is 0.900. The smallest absolute Gasteiger partial charge is 0.138 e. The summed E-state index contributed by atoms with van der Waals surface area (Å²) in [5.41, 5.74) is 1.42. The Morgan fingerprint density at radius 3 is 2.28 bits per heavy atom. The molecule has 0 amide bonds. The molecule has 4 aliphatic rings. The van der Waals surface area contributed by atoms with Gasteiger partial charge in [0.15, 0.2) is 0 Å². The molecule has 0 aromatic heterocycles. The standard InChI is InChI=1S/C30H50O2/c1-20(2)10-9-16-30(8,32)24-14-19-28(6)22-11-12-23-26(3,4)25(31)15-17-27(23,5)21(22)13-18-29(24,28)7/h10,21-24,32H,9,11-19H2,1-8H3/t21?,22?,23-,24+,27+,28+,29-,30+/m0/s1. The number of ketones is 1. The third-order valence-corrected chi connectivity index (χ3v) is 12.1. The third kappa shape index (κ3) is 3.32. The van der Waals surface area contributed by atoms with Crippen LogP contribution in [-0.2, 0) is 4.79 Å². The van der Waals surface area contributed by atoms with E-state index in [1.807, 2.05) is 0 Å². The lowest BCUT2D eigenvalue weighted by Gasteiger charge is -2.66. The van der Waals surface area contributed by atoms with E-state index in [1.165, 1.54) is 44.1 Å². The molecule has 4 fully saturated rings. The maximum absolute atomic E-state index is 12.8. The van der Waals surface area contributed by atoms with Crippen molar-refractivity contribution in [2.75, 3.05) is 0 Å². The Balaban J connectivity index is 1.62.